The van der Waals surface area contributed by atoms with E-state index in [1.165, 1.54) is 32.2 Å². The number of hydrogen-bond donors (Lipinski definition) is 0. The van der Waals surface area contributed by atoms with Crippen molar-refractivity contribution in [3.8, 4) is 0 Å². The molecule has 25 heavy (non-hydrogen) atoms. The van der Waals surface area contributed by atoms with Crippen molar-refractivity contribution in [2.75, 3.05) is 11.4 Å². The molecule has 0 amide bonds. The van der Waals surface area contributed by atoms with Crippen LogP contribution in [0.25, 0.3) is 6.08 Å². The molecular formula is C23H21NS. The molecule has 0 aromatic heterocycles. The summed E-state index contributed by atoms with van der Waals surface area (Å²) in [7, 11) is 0. The molecule has 3 aromatic carbocycles. The zero-order chi connectivity index (χ0) is 17.1. The fourth-order valence-corrected chi connectivity index (χ4v) is 4.27. The van der Waals surface area contributed by atoms with Gasteiger partial charge in [0.2, 0.25) is 0 Å². The van der Waals surface area contributed by atoms with Crippen LogP contribution in [-0.4, -0.2) is 6.54 Å². The number of thioether (sulfide) groups is 1. The molecule has 0 unspecified atom stereocenters. The van der Waals surface area contributed by atoms with Gasteiger partial charge in [-0.25, -0.2) is 0 Å². The minimum Gasteiger partial charge on any atom is -0.361 e. The second-order valence-corrected chi connectivity index (χ2v) is 7.60. The van der Waals surface area contributed by atoms with E-state index in [1.54, 1.807) is 0 Å². The van der Waals surface area contributed by atoms with E-state index in [9.17, 15) is 0 Å². The van der Waals surface area contributed by atoms with Crippen molar-refractivity contribution in [3.05, 3.63) is 100 Å². The maximum atomic E-state index is 2.47. The first-order chi connectivity index (χ1) is 12.3. The van der Waals surface area contributed by atoms with Crippen molar-refractivity contribution in [2.45, 2.75) is 18.4 Å². The van der Waals surface area contributed by atoms with Crippen LogP contribution in [0.1, 0.15) is 16.7 Å². The Hall–Kier alpha value is -2.45. The lowest BCUT2D eigenvalue weighted by Crippen LogP contribution is -2.27. The molecule has 0 radical (unpaired) electrons. The van der Waals surface area contributed by atoms with Gasteiger partial charge in [-0.3, -0.25) is 0 Å². The second kappa shape index (κ2) is 7.20. The molecule has 1 heterocycles. The molecule has 0 saturated heterocycles. The monoisotopic (exact) mass is 343 g/mol. The van der Waals surface area contributed by atoms with Gasteiger partial charge in [0.15, 0.2) is 0 Å². The largest absolute Gasteiger partial charge is 0.361 e. The van der Waals surface area contributed by atoms with Gasteiger partial charge in [0, 0.05) is 22.9 Å². The smallest absolute Gasteiger partial charge is 0.0514 e. The van der Waals surface area contributed by atoms with Crippen molar-refractivity contribution in [1.82, 2.24) is 0 Å². The van der Waals surface area contributed by atoms with E-state index in [0.717, 1.165) is 13.1 Å². The number of para-hydroxylation sites is 1. The first-order valence-electron chi connectivity index (χ1n) is 8.61. The minimum absolute atomic E-state index is 0.934. The van der Waals surface area contributed by atoms with Gasteiger partial charge in [-0.1, -0.05) is 84.1 Å². The van der Waals surface area contributed by atoms with Crippen molar-refractivity contribution < 1.29 is 0 Å². The van der Waals surface area contributed by atoms with Crippen molar-refractivity contribution in [2.24, 2.45) is 0 Å². The van der Waals surface area contributed by atoms with Crippen LogP contribution in [0, 0.1) is 6.92 Å². The Bertz CT molecular complexity index is 881. The van der Waals surface area contributed by atoms with E-state index in [2.05, 4.69) is 96.8 Å². The van der Waals surface area contributed by atoms with Crippen LogP contribution in [0.3, 0.4) is 0 Å². The normalized spacial score (nSPS) is 15.2. The highest BCUT2D eigenvalue weighted by atomic mass is 32.2. The number of rotatable bonds is 3. The molecule has 0 N–H and O–H groups in total. The van der Waals surface area contributed by atoms with Crippen LogP contribution >= 0.6 is 11.8 Å². The third kappa shape index (κ3) is 3.80. The summed E-state index contributed by atoms with van der Waals surface area (Å²) in [6.45, 7) is 4.01. The Morgan fingerprint density at radius 2 is 1.60 bits per heavy atom. The zero-order valence-corrected chi connectivity index (χ0v) is 15.2. The Morgan fingerprint density at radius 1 is 0.880 bits per heavy atom. The van der Waals surface area contributed by atoms with Gasteiger partial charge < -0.3 is 4.90 Å². The zero-order valence-electron chi connectivity index (χ0n) is 14.4. The molecule has 4 rings (SSSR count). The van der Waals surface area contributed by atoms with E-state index in [4.69, 9.17) is 0 Å². The Morgan fingerprint density at radius 3 is 2.40 bits per heavy atom. The summed E-state index contributed by atoms with van der Waals surface area (Å²) >= 11 is 1.89. The lowest BCUT2D eigenvalue weighted by atomic mass is 10.1. The van der Waals surface area contributed by atoms with Crippen molar-refractivity contribution in [1.29, 1.82) is 0 Å². The number of nitrogens with zero attached hydrogens (tertiary/aromatic N) is 1. The molecule has 0 aliphatic carbocycles. The van der Waals surface area contributed by atoms with Crippen molar-refractivity contribution >= 4 is 23.5 Å². The Kier molecular flexibility index (Phi) is 4.62. The number of hydrogen-bond acceptors (Lipinski definition) is 2. The van der Waals surface area contributed by atoms with Crippen LogP contribution < -0.4 is 4.90 Å². The topological polar surface area (TPSA) is 3.24 Å². The minimum atomic E-state index is 0.934. The van der Waals surface area contributed by atoms with Gasteiger partial charge in [0.25, 0.3) is 0 Å². The summed E-state index contributed by atoms with van der Waals surface area (Å²) in [5, 5.41) is 0. The molecule has 0 spiro atoms. The van der Waals surface area contributed by atoms with Gasteiger partial charge in [-0.2, -0.15) is 0 Å². The molecule has 3 aromatic rings. The second-order valence-electron chi connectivity index (χ2n) is 6.43. The molecule has 1 nitrogen and oxygen atoms in total. The number of anilines is 1. The third-order valence-electron chi connectivity index (χ3n) is 4.41. The highest BCUT2D eigenvalue weighted by Gasteiger charge is 2.20. The Labute approximate surface area is 154 Å². The summed E-state index contributed by atoms with van der Waals surface area (Å²) in [5.41, 5.74) is 5.25. The third-order valence-corrected chi connectivity index (χ3v) is 5.49. The fourth-order valence-electron chi connectivity index (χ4n) is 3.12. The molecule has 124 valence electrons. The van der Waals surface area contributed by atoms with Gasteiger partial charge in [0.1, 0.15) is 0 Å². The van der Waals surface area contributed by atoms with Crippen LogP contribution in [0.5, 0.6) is 0 Å². The molecule has 2 heteroatoms. The molecule has 0 saturated carbocycles. The fraction of sp³-hybridized carbons (Fsp3) is 0.130. The van der Waals surface area contributed by atoms with Gasteiger partial charge in [0.05, 0.1) is 5.69 Å². The van der Waals surface area contributed by atoms with Gasteiger partial charge >= 0.3 is 0 Å². The van der Waals surface area contributed by atoms with E-state index in [1.807, 2.05) is 11.8 Å². The van der Waals surface area contributed by atoms with Crippen LogP contribution in [0.2, 0.25) is 0 Å². The van der Waals surface area contributed by atoms with Gasteiger partial charge in [-0.15, -0.1) is 0 Å². The van der Waals surface area contributed by atoms with Crippen LogP contribution in [-0.2, 0) is 6.54 Å². The van der Waals surface area contributed by atoms with Crippen molar-refractivity contribution in [3.63, 3.8) is 0 Å². The predicted octanol–water partition coefficient (Wildman–Crippen LogP) is 6.15. The highest BCUT2D eigenvalue weighted by Crippen LogP contribution is 2.41. The lowest BCUT2D eigenvalue weighted by Gasteiger charge is -2.32. The molecular weight excluding hydrogens is 322 g/mol. The average molecular weight is 343 g/mol. The summed E-state index contributed by atoms with van der Waals surface area (Å²) in [6.07, 6.45) is 2.32. The predicted molar refractivity (Wildman–Crippen MR) is 109 cm³/mol. The van der Waals surface area contributed by atoms with Crippen LogP contribution in [0.4, 0.5) is 5.69 Å². The van der Waals surface area contributed by atoms with E-state index in [-0.39, 0.29) is 0 Å². The number of aryl methyl sites for hydroxylation is 1. The summed E-state index contributed by atoms with van der Waals surface area (Å²) in [6, 6.07) is 28.2. The molecule has 1 aliphatic rings. The van der Waals surface area contributed by atoms with Gasteiger partial charge in [-0.05, 0) is 36.3 Å². The van der Waals surface area contributed by atoms with E-state index in [0.29, 0.717) is 0 Å². The number of fused-ring (bicyclic) bond motifs is 1. The highest BCUT2D eigenvalue weighted by molar-refractivity contribution is 8.03. The first-order valence-corrected chi connectivity index (χ1v) is 9.42. The Balaban J connectivity index is 1.65. The summed E-state index contributed by atoms with van der Waals surface area (Å²) in [5.74, 6) is 0. The van der Waals surface area contributed by atoms with E-state index >= 15 is 0 Å². The van der Waals surface area contributed by atoms with E-state index < -0.39 is 0 Å². The molecule has 0 atom stereocenters. The maximum Gasteiger partial charge on any atom is 0.0514 e. The lowest BCUT2D eigenvalue weighted by molar-refractivity contribution is 0.845. The first kappa shape index (κ1) is 16.0. The standard InChI is InChI=1S/C23H21NS/c1-18-11-13-19(14-12-18)15-21-17-24(16-20-7-3-2-4-8-20)22-9-5-6-10-23(22)25-21/h2-15H,16-17H2,1H3/b21-15+. The summed E-state index contributed by atoms with van der Waals surface area (Å²) < 4.78 is 0. The van der Waals surface area contributed by atoms with Crippen LogP contribution in [0.15, 0.2) is 88.7 Å². The average Bonchev–Trinajstić information content (AvgIpc) is 2.65. The molecule has 0 bridgehead atoms. The molecule has 0 fully saturated rings. The SMILES string of the molecule is Cc1ccc(/C=C2\CN(Cc3ccccc3)c3ccccc3S2)cc1. The molecule has 1 aliphatic heterocycles. The maximum absolute atomic E-state index is 2.47. The quantitative estimate of drug-likeness (QED) is 0.561. The summed E-state index contributed by atoms with van der Waals surface area (Å²) in [4.78, 5) is 5.20. The number of benzene rings is 3.